The predicted octanol–water partition coefficient (Wildman–Crippen LogP) is 4.36. The standard InChI is InChI=1S/C23H21ClN4O5/c1-15-4-2-3-5-17(15)23(30)27-12-10-26(11-13-27)19-7-6-16(14-18(19)24)25-22(29)20-8-9-21(33-20)28(31)32/h2-9,14H,10-13H2,1H3,(H,25,29). The number of aryl methyl sites for hydroxylation is 1. The molecule has 10 heteroatoms. The summed E-state index contributed by atoms with van der Waals surface area (Å²) in [6.45, 7) is 4.31. The Morgan fingerprint density at radius 2 is 1.79 bits per heavy atom. The molecule has 1 N–H and O–H groups in total. The van der Waals surface area contributed by atoms with Crippen LogP contribution in [0.2, 0.25) is 5.02 Å². The second-order valence-corrected chi connectivity index (χ2v) is 8.02. The van der Waals surface area contributed by atoms with Crippen LogP contribution >= 0.6 is 11.6 Å². The van der Waals surface area contributed by atoms with Gasteiger partial charge in [-0.25, -0.2) is 0 Å². The molecule has 170 valence electrons. The molecule has 33 heavy (non-hydrogen) atoms. The van der Waals surface area contributed by atoms with Gasteiger partial charge in [0, 0.05) is 37.4 Å². The van der Waals surface area contributed by atoms with Crippen molar-refractivity contribution < 1.29 is 18.9 Å². The van der Waals surface area contributed by atoms with Crippen molar-refractivity contribution in [2.24, 2.45) is 0 Å². The molecule has 1 fully saturated rings. The molecule has 1 aromatic heterocycles. The van der Waals surface area contributed by atoms with Crippen LogP contribution in [0.4, 0.5) is 17.3 Å². The first-order chi connectivity index (χ1) is 15.8. The SMILES string of the molecule is Cc1ccccc1C(=O)N1CCN(c2ccc(NC(=O)c3ccc([N+](=O)[O-])o3)cc2Cl)CC1. The molecule has 9 nitrogen and oxygen atoms in total. The normalized spacial score (nSPS) is 13.6. The zero-order valence-corrected chi connectivity index (χ0v) is 18.5. The molecule has 0 bridgehead atoms. The Balaban J connectivity index is 1.38. The van der Waals surface area contributed by atoms with E-state index in [9.17, 15) is 19.7 Å². The minimum atomic E-state index is -0.712. The number of furan rings is 1. The molecule has 0 saturated carbocycles. The summed E-state index contributed by atoms with van der Waals surface area (Å²) in [6.07, 6.45) is 0. The van der Waals surface area contributed by atoms with E-state index in [0.29, 0.717) is 42.5 Å². The number of nitrogens with one attached hydrogen (secondary N) is 1. The summed E-state index contributed by atoms with van der Waals surface area (Å²) >= 11 is 6.47. The quantitative estimate of drug-likeness (QED) is 0.440. The summed E-state index contributed by atoms with van der Waals surface area (Å²) < 4.78 is 4.91. The molecule has 0 spiro atoms. The molecular weight excluding hydrogens is 448 g/mol. The van der Waals surface area contributed by atoms with Crippen molar-refractivity contribution in [3.8, 4) is 0 Å². The number of rotatable bonds is 5. The van der Waals surface area contributed by atoms with Crippen LogP contribution in [0, 0.1) is 17.0 Å². The minimum Gasteiger partial charge on any atom is -0.395 e. The van der Waals surface area contributed by atoms with Gasteiger partial charge in [-0.05, 0) is 42.8 Å². The monoisotopic (exact) mass is 468 g/mol. The number of hydrogen-bond donors (Lipinski definition) is 1. The Hall–Kier alpha value is -3.85. The van der Waals surface area contributed by atoms with Gasteiger partial charge in [0.25, 0.3) is 11.8 Å². The van der Waals surface area contributed by atoms with E-state index in [0.717, 1.165) is 17.3 Å². The van der Waals surface area contributed by atoms with Gasteiger partial charge >= 0.3 is 5.88 Å². The highest BCUT2D eigenvalue weighted by Gasteiger charge is 2.24. The van der Waals surface area contributed by atoms with Gasteiger partial charge < -0.3 is 19.5 Å². The molecule has 1 saturated heterocycles. The molecule has 0 atom stereocenters. The number of anilines is 2. The lowest BCUT2D eigenvalue weighted by Gasteiger charge is -2.36. The fourth-order valence-electron chi connectivity index (χ4n) is 3.72. The van der Waals surface area contributed by atoms with E-state index >= 15 is 0 Å². The van der Waals surface area contributed by atoms with Crippen LogP contribution in [-0.4, -0.2) is 47.8 Å². The number of carbonyl (C=O) groups is 2. The Morgan fingerprint density at radius 1 is 1.06 bits per heavy atom. The van der Waals surface area contributed by atoms with Crippen LogP contribution in [-0.2, 0) is 0 Å². The molecule has 4 rings (SSSR count). The van der Waals surface area contributed by atoms with Crippen molar-refractivity contribution in [2.45, 2.75) is 6.92 Å². The number of hydrogen-bond acceptors (Lipinski definition) is 6. The summed E-state index contributed by atoms with van der Waals surface area (Å²) in [5.41, 5.74) is 2.90. The van der Waals surface area contributed by atoms with Crippen LogP contribution in [0.5, 0.6) is 0 Å². The third-order valence-electron chi connectivity index (χ3n) is 5.48. The number of piperazine rings is 1. The largest absolute Gasteiger partial charge is 0.433 e. The molecule has 2 amide bonds. The minimum absolute atomic E-state index is 0.0232. The first kappa shape index (κ1) is 22.3. The Bertz CT molecular complexity index is 1220. The number of carbonyl (C=O) groups excluding carboxylic acids is 2. The highest BCUT2D eigenvalue weighted by Crippen LogP contribution is 2.30. The predicted molar refractivity (Wildman–Crippen MR) is 124 cm³/mol. The van der Waals surface area contributed by atoms with Crippen molar-refractivity contribution in [2.75, 3.05) is 36.4 Å². The fourth-order valence-corrected chi connectivity index (χ4v) is 4.02. The molecule has 0 radical (unpaired) electrons. The van der Waals surface area contributed by atoms with Crippen LogP contribution < -0.4 is 10.2 Å². The zero-order valence-electron chi connectivity index (χ0n) is 17.8. The van der Waals surface area contributed by atoms with Gasteiger partial charge in [-0.1, -0.05) is 29.8 Å². The molecular formula is C23H21ClN4O5. The maximum absolute atomic E-state index is 12.8. The van der Waals surface area contributed by atoms with Crippen LogP contribution in [0.3, 0.4) is 0 Å². The lowest BCUT2D eigenvalue weighted by Crippen LogP contribution is -2.49. The summed E-state index contributed by atoms with van der Waals surface area (Å²) in [5.74, 6) is -1.27. The number of benzene rings is 2. The van der Waals surface area contributed by atoms with E-state index in [4.69, 9.17) is 16.0 Å². The average molecular weight is 469 g/mol. The van der Waals surface area contributed by atoms with E-state index < -0.39 is 16.7 Å². The number of halogens is 1. The topological polar surface area (TPSA) is 109 Å². The maximum Gasteiger partial charge on any atom is 0.433 e. The summed E-state index contributed by atoms with van der Waals surface area (Å²) in [7, 11) is 0. The van der Waals surface area contributed by atoms with Gasteiger partial charge in [0.1, 0.15) is 4.92 Å². The summed E-state index contributed by atoms with van der Waals surface area (Å²) in [4.78, 5) is 39.0. The van der Waals surface area contributed by atoms with Crippen LogP contribution in [0.1, 0.15) is 26.5 Å². The first-order valence-corrected chi connectivity index (χ1v) is 10.7. The smallest absolute Gasteiger partial charge is 0.395 e. The molecule has 1 aliphatic rings. The van der Waals surface area contributed by atoms with Gasteiger partial charge in [0.2, 0.25) is 0 Å². The van der Waals surface area contributed by atoms with E-state index in [1.165, 1.54) is 6.07 Å². The van der Waals surface area contributed by atoms with Gasteiger partial charge in [0.05, 0.1) is 16.8 Å². The summed E-state index contributed by atoms with van der Waals surface area (Å²) in [5, 5.41) is 13.8. The van der Waals surface area contributed by atoms with E-state index in [1.807, 2.05) is 36.1 Å². The van der Waals surface area contributed by atoms with Crippen LogP contribution in [0.15, 0.2) is 59.0 Å². The Morgan fingerprint density at radius 3 is 2.42 bits per heavy atom. The van der Waals surface area contributed by atoms with Crippen molar-refractivity contribution in [1.29, 1.82) is 0 Å². The number of nitro groups is 1. The van der Waals surface area contributed by atoms with Crippen molar-refractivity contribution in [1.82, 2.24) is 4.90 Å². The summed E-state index contributed by atoms with van der Waals surface area (Å²) in [6, 6.07) is 15.0. The molecule has 3 aromatic rings. The molecule has 2 aromatic carbocycles. The van der Waals surface area contributed by atoms with Crippen molar-refractivity contribution >= 4 is 40.7 Å². The highest BCUT2D eigenvalue weighted by molar-refractivity contribution is 6.33. The zero-order chi connectivity index (χ0) is 23.5. The average Bonchev–Trinajstić information content (AvgIpc) is 3.30. The van der Waals surface area contributed by atoms with E-state index in [1.54, 1.807) is 18.2 Å². The van der Waals surface area contributed by atoms with Gasteiger partial charge in [-0.3, -0.25) is 19.7 Å². The Kier molecular flexibility index (Phi) is 6.32. The molecule has 0 unspecified atom stereocenters. The second-order valence-electron chi connectivity index (χ2n) is 7.61. The third-order valence-corrected chi connectivity index (χ3v) is 5.79. The second kappa shape index (κ2) is 9.33. The maximum atomic E-state index is 12.8. The van der Waals surface area contributed by atoms with E-state index in [2.05, 4.69) is 10.2 Å². The lowest BCUT2D eigenvalue weighted by molar-refractivity contribution is -0.402. The first-order valence-electron chi connectivity index (χ1n) is 10.3. The number of amides is 2. The fraction of sp³-hybridized carbons (Fsp3) is 0.217. The van der Waals surface area contributed by atoms with Gasteiger partial charge in [-0.15, -0.1) is 0 Å². The van der Waals surface area contributed by atoms with Gasteiger partial charge in [-0.2, -0.15) is 0 Å². The van der Waals surface area contributed by atoms with Gasteiger partial charge in [0.15, 0.2) is 5.76 Å². The van der Waals surface area contributed by atoms with Crippen molar-refractivity contribution in [3.63, 3.8) is 0 Å². The molecule has 1 aliphatic heterocycles. The molecule has 2 heterocycles. The van der Waals surface area contributed by atoms with E-state index in [-0.39, 0.29) is 11.7 Å². The van der Waals surface area contributed by atoms with Crippen LogP contribution in [0.25, 0.3) is 0 Å². The molecule has 0 aliphatic carbocycles. The lowest BCUT2D eigenvalue weighted by atomic mass is 10.1. The third kappa shape index (κ3) is 4.83. The number of nitrogens with zero attached hydrogens (tertiary/aromatic N) is 3. The highest BCUT2D eigenvalue weighted by atomic mass is 35.5. The van der Waals surface area contributed by atoms with Crippen molar-refractivity contribution in [3.05, 3.63) is 86.6 Å². The Labute approximate surface area is 194 Å².